The van der Waals surface area contributed by atoms with Crippen LogP contribution in [0.5, 0.6) is 0 Å². The number of fused-ring (bicyclic) bond motifs is 1. The summed E-state index contributed by atoms with van der Waals surface area (Å²) in [5.74, 6) is -0.644. The number of anilines is 1. The lowest BCUT2D eigenvalue weighted by Gasteiger charge is -2.17. The van der Waals surface area contributed by atoms with Gasteiger partial charge < -0.3 is 0 Å². The molecule has 0 atom stereocenters. The van der Waals surface area contributed by atoms with Gasteiger partial charge in [-0.05, 0) is 37.3 Å². The van der Waals surface area contributed by atoms with Gasteiger partial charge in [0.25, 0.3) is 5.91 Å². The second-order valence-corrected chi connectivity index (χ2v) is 4.61. The van der Waals surface area contributed by atoms with Gasteiger partial charge in [0.2, 0.25) is 0 Å². The number of hydrogen-bond acceptors (Lipinski definition) is 1. The zero-order valence-corrected chi connectivity index (χ0v) is 10.5. The summed E-state index contributed by atoms with van der Waals surface area (Å²) in [4.78, 5) is 13.9. The van der Waals surface area contributed by atoms with Crippen molar-refractivity contribution in [1.82, 2.24) is 0 Å². The van der Waals surface area contributed by atoms with Gasteiger partial charge in [0.05, 0.1) is 11.3 Å². The van der Waals surface area contributed by atoms with Crippen LogP contribution < -0.4 is 4.90 Å². The number of carbonyl (C=O) groups is 1. The Morgan fingerprint density at radius 1 is 1.05 bits per heavy atom. The second-order valence-electron chi connectivity index (χ2n) is 4.61. The first-order chi connectivity index (χ1) is 9.08. The highest BCUT2D eigenvalue weighted by molar-refractivity contribution is 6.21. The van der Waals surface area contributed by atoms with Gasteiger partial charge in [-0.2, -0.15) is 0 Å². The van der Waals surface area contributed by atoms with Crippen molar-refractivity contribution in [2.45, 2.75) is 6.92 Å². The summed E-state index contributed by atoms with van der Waals surface area (Å²) in [5, 5.41) is 0. The second kappa shape index (κ2) is 4.05. The average molecular weight is 253 g/mol. The summed E-state index contributed by atoms with van der Waals surface area (Å²) in [6, 6.07) is 11.8. The van der Waals surface area contributed by atoms with Crippen molar-refractivity contribution < 1.29 is 9.18 Å². The molecule has 1 amide bonds. The minimum Gasteiger partial charge on any atom is -0.277 e. The fourth-order valence-corrected chi connectivity index (χ4v) is 2.28. The average Bonchev–Trinajstić information content (AvgIpc) is 2.63. The first-order valence-corrected chi connectivity index (χ1v) is 5.98. The molecule has 0 bridgehead atoms. The van der Waals surface area contributed by atoms with Crippen LogP contribution in [0.15, 0.2) is 49.0 Å². The fourth-order valence-electron chi connectivity index (χ4n) is 2.28. The SMILES string of the molecule is C=C1c2ccc(F)cc2C(=O)N1c1ccc(C)cc1. The van der Waals surface area contributed by atoms with Crippen LogP contribution in [0.2, 0.25) is 0 Å². The smallest absolute Gasteiger partial charge is 0.263 e. The van der Waals surface area contributed by atoms with Gasteiger partial charge in [-0.25, -0.2) is 4.39 Å². The number of carbonyl (C=O) groups excluding carboxylic acids is 1. The molecule has 1 aliphatic heterocycles. The first-order valence-electron chi connectivity index (χ1n) is 5.98. The third kappa shape index (κ3) is 1.74. The maximum absolute atomic E-state index is 13.2. The fraction of sp³-hybridized carbons (Fsp3) is 0.0625. The summed E-state index contributed by atoms with van der Waals surface area (Å²) >= 11 is 0. The summed E-state index contributed by atoms with van der Waals surface area (Å²) in [5.41, 5.74) is 3.50. The Hall–Kier alpha value is -2.42. The maximum atomic E-state index is 13.2. The summed E-state index contributed by atoms with van der Waals surface area (Å²) in [6.45, 7) is 5.92. The summed E-state index contributed by atoms with van der Waals surface area (Å²) in [6.07, 6.45) is 0. The van der Waals surface area contributed by atoms with E-state index in [-0.39, 0.29) is 5.91 Å². The summed E-state index contributed by atoms with van der Waals surface area (Å²) in [7, 11) is 0. The predicted octanol–water partition coefficient (Wildman–Crippen LogP) is 3.77. The molecule has 94 valence electrons. The van der Waals surface area contributed by atoms with Gasteiger partial charge in [0, 0.05) is 11.3 Å². The molecule has 3 heteroatoms. The van der Waals surface area contributed by atoms with E-state index in [4.69, 9.17) is 0 Å². The zero-order chi connectivity index (χ0) is 13.6. The molecular formula is C16H12FNO. The van der Waals surface area contributed by atoms with Crippen molar-refractivity contribution in [2.75, 3.05) is 4.90 Å². The topological polar surface area (TPSA) is 20.3 Å². The van der Waals surface area contributed by atoms with Gasteiger partial charge in [0.1, 0.15) is 5.82 Å². The van der Waals surface area contributed by atoms with Gasteiger partial charge >= 0.3 is 0 Å². The Morgan fingerprint density at radius 2 is 1.74 bits per heavy atom. The van der Waals surface area contributed by atoms with Crippen LogP contribution in [0.3, 0.4) is 0 Å². The van der Waals surface area contributed by atoms with Crippen molar-refractivity contribution in [3.63, 3.8) is 0 Å². The normalized spacial score (nSPS) is 13.9. The quantitative estimate of drug-likeness (QED) is 0.757. The molecule has 0 saturated carbocycles. The zero-order valence-electron chi connectivity index (χ0n) is 10.5. The van der Waals surface area contributed by atoms with Crippen LogP contribution in [0.25, 0.3) is 5.70 Å². The highest BCUT2D eigenvalue weighted by Gasteiger charge is 2.32. The molecule has 2 aromatic carbocycles. The highest BCUT2D eigenvalue weighted by atomic mass is 19.1. The van der Waals surface area contributed by atoms with Crippen LogP contribution in [0, 0.1) is 12.7 Å². The van der Waals surface area contributed by atoms with Gasteiger partial charge in [-0.1, -0.05) is 24.3 Å². The largest absolute Gasteiger partial charge is 0.277 e. The van der Waals surface area contributed by atoms with Gasteiger partial charge in [-0.15, -0.1) is 0 Å². The van der Waals surface area contributed by atoms with Crippen molar-refractivity contribution in [1.29, 1.82) is 0 Å². The molecular weight excluding hydrogens is 241 g/mol. The van der Waals surface area contributed by atoms with Gasteiger partial charge in [0.15, 0.2) is 0 Å². The number of hydrogen-bond donors (Lipinski definition) is 0. The van der Waals surface area contributed by atoms with Crippen LogP contribution in [-0.2, 0) is 0 Å². The van der Waals surface area contributed by atoms with Crippen molar-refractivity contribution in [2.24, 2.45) is 0 Å². The van der Waals surface area contributed by atoms with Gasteiger partial charge in [-0.3, -0.25) is 9.69 Å². The minimum atomic E-state index is -0.411. The molecule has 0 unspecified atom stereocenters. The number of aryl methyl sites for hydroxylation is 1. The third-order valence-corrected chi connectivity index (χ3v) is 3.29. The van der Waals surface area contributed by atoms with E-state index >= 15 is 0 Å². The van der Waals surface area contributed by atoms with Crippen LogP contribution in [0.1, 0.15) is 21.5 Å². The number of rotatable bonds is 1. The van der Waals surface area contributed by atoms with E-state index in [0.29, 0.717) is 16.8 Å². The minimum absolute atomic E-state index is 0.233. The third-order valence-electron chi connectivity index (χ3n) is 3.29. The van der Waals surface area contributed by atoms with Crippen LogP contribution in [-0.4, -0.2) is 5.91 Å². The molecule has 0 aromatic heterocycles. The van der Waals surface area contributed by atoms with Crippen LogP contribution >= 0.6 is 0 Å². The number of nitrogens with zero attached hydrogens (tertiary/aromatic N) is 1. The Labute approximate surface area is 110 Å². The van der Waals surface area contributed by atoms with E-state index in [0.717, 1.165) is 11.3 Å². The van der Waals surface area contributed by atoms with E-state index in [2.05, 4.69) is 6.58 Å². The molecule has 19 heavy (non-hydrogen) atoms. The molecule has 1 aliphatic rings. The van der Waals surface area contributed by atoms with Crippen LogP contribution in [0.4, 0.5) is 10.1 Å². The van der Waals surface area contributed by atoms with E-state index < -0.39 is 5.82 Å². The predicted molar refractivity (Wildman–Crippen MR) is 73.4 cm³/mol. The van der Waals surface area contributed by atoms with E-state index in [9.17, 15) is 9.18 Å². The van der Waals surface area contributed by atoms with Crippen molar-refractivity contribution in [3.05, 3.63) is 71.6 Å². The first kappa shape index (κ1) is 11.7. The lowest BCUT2D eigenvalue weighted by atomic mass is 10.1. The van der Waals surface area contributed by atoms with E-state index in [1.54, 1.807) is 6.07 Å². The lowest BCUT2D eigenvalue weighted by molar-refractivity contribution is 0.101. The molecule has 1 heterocycles. The Kier molecular flexibility index (Phi) is 2.49. The molecule has 2 aromatic rings. The molecule has 0 radical (unpaired) electrons. The molecule has 2 nitrogen and oxygen atoms in total. The Balaban J connectivity index is 2.10. The Morgan fingerprint density at radius 3 is 2.42 bits per heavy atom. The lowest BCUT2D eigenvalue weighted by Crippen LogP contribution is -2.21. The monoisotopic (exact) mass is 253 g/mol. The Bertz CT molecular complexity index is 688. The maximum Gasteiger partial charge on any atom is 0.263 e. The highest BCUT2D eigenvalue weighted by Crippen LogP contribution is 2.35. The summed E-state index contributed by atoms with van der Waals surface area (Å²) < 4.78 is 13.2. The number of amides is 1. The molecule has 0 N–H and O–H groups in total. The van der Waals surface area contributed by atoms with E-state index in [1.807, 2.05) is 31.2 Å². The number of benzene rings is 2. The number of halogens is 1. The standard InChI is InChI=1S/C16H12FNO/c1-10-3-6-13(7-4-10)18-11(2)14-8-5-12(17)9-15(14)16(18)19/h3-9H,2H2,1H3. The van der Waals surface area contributed by atoms with Crippen molar-refractivity contribution in [3.8, 4) is 0 Å². The molecule has 0 aliphatic carbocycles. The molecule has 0 fully saturated rings. The molecule has 3 rings (SSSR count). The molecule has 0 saturated heterocycles. The van der Waals surface area contributed by atoms with Crippen molar-refractivity contribution >= 4 is 17.3 Å². The molecule has 0 spiro atoms. The van der Waals surface area contributed by atoms with E-state index in [1.165, 1.54) is 17.0 Å².